The highest BCUT2D eigenvalue weighted by Gasteiger charge is 2.19. The van der Waals surface area contributed by atoms with E-state index in [1.165, 1.54) is 0 Å². The number of piperazine rings is 1. The maximum absolute atomic E-state index is 10.6. The summed E-state index contributed by atoms with van der Waals surface area (Å²) in [7, 11) is 0. The van der Waals surface area contributed by atoms with Crippen LogP contribution in [-0.4, -0.2) is 44.3 Å². The highest BCUT2D eigenvalue weighted by Crippen LogP contribution is 2.35. The molecule has 0 radical (unpaired) electrons. The van der Waals surface area contributed by atoms with Crippen molar-refractivity contribution in [2.45, 2.75) is 0 Å². The average Bonchev–Trinajstić information content (AvgIpc) is 2.86. The molecule has 1 aromatic rings. The van der Waals surface area contributed by atoms with Crippen molar-refractivity contribution in [1.29, 1.82) is 0 Å². The third kappa shape index (κ3) is 1.88. The fraction of sp³-hybridized carbons (Fsp3) is 0.417. The molecule has 2 heterocycles. The second-order valence-corrected chi connectivity index (χ2v) is 4.17. The van der Waals surface area contributed by atoms with Gasteiger partial charge >= 0.3 is 0 Å². The number of ether oxygens (including phenoxy) is 2. The van der Waals surface area contributed by atoms with Crippen molar-refractivity contribution in [2.75, 3.05) is 37.9 Å². The number of hydrogen-bond acceptors (Lipinski definition) is 4. The molecular weight excluding hydrogens is 220 g/mol. The molecule has 0 N–H and O–H groups in total. The molecule has 2 aliphatic rings. The van der Waals surface area contributed by atoms with Crippen LogP contribution in [0.25, 0.3) is 0 Å². The Bertz CT molecular complexity index is 428. The second kappa shape index (κ2) is 4.16. The van der Waals surface area contributed by atoms with E-state index >= 15 is 0 Å². The minimum Gasteiger partial charge on any atom is -0.454 e. The Balaban J connectivity index is 1.74. The molecule has 5 heteroatoms. The first-order valence-corrected chi connectivity index (χ1v) is 5.71. The summed E-state index contributed by atoms with van der Waals surface area (Å²) >= 11 is 0. The summed E-state index contributed by atoms with van der Waals surface area (Å²) in [6.07, 6.45) is 0.914. The van der Waals surface area contributed by atoms with Crippen molar-refractivity contribution < 1.29 is 14.3 Å². The summed E-state index contributed by atoms with van der Waals surface area (Å²) in [5, 5.41) is 0. The normalized spacial score (nSPS) is 18.4. The van der Waals surface area contributed by atoms with Gasteiger partial charge in [-0.2, -0.15) is 0 Å². The molecule has 2 aliphatic heterocycles. The third-order valence-electron chi connectivity index (χ3n) is 3.18. The van der Waals surface area contributed by atoms with Crippen LogP contribution in [0.2, 0.25) is 0 Å². The first-order valence-electron chi connectivity index (χ1n) is 5.71. The predicted molar refractivity (Wildman–Crippen MR) is 62.4 cm³/mol. The Hall–Kier alpha value is -1.91. The van der Waals surface area contributed by atoms with Gasteiger partial charge in [0.15, 0.2) is 11.5 Å². The van der Waals surface area contributed by atoms with E-state index in [1.807, 2.05) is 18.2 Å². The lowest BCUT2D eigenvalue weighted by molar-refractivity contribution is -0.118. The van der Waals surface area contributed by atoms with Gasteiger partial charge in [0.25, 0.3) is 0 Å². The predicted octanol–water partition coefficient (Wildman–Crippen LogP) is 0.694. The highest BCUT2D eigenvalue weighted by molar-refractivity contribution is 5.58. The number of anilines is 1. The van der Waals surface area contributed by atoms with Crippen molar-refractivity contribution in [1.82, 2.24) is 4.90 Å². The number of carbonyl (C=O) groups excluding carboxylic acids is 1. The van der Waals surface area contributed by atoms with Gasteiger partial charge in [-0.1, -0.05) is 0 Å². The van der Waals surface area contributed by atoms with Gasteiger partial charge in [-0.25, -0.2) is 0 Å². The van der Waals surface area contributed by atoms with Gasteiger partial charge in [0.05, 0.1) is 0 Å². The summed E-state index contributed by atoms with van der Waals surface area (Å²) < 4.78 is 10.6. The van der Waals surface area contributed by atoms with Gasteiger partial charge < -0.3 is 19.3 Å². The molecule has 90 valence electrons. The van der Waals surface area contributed by atoms with Crippen molar-refractivity contribution in [3.8, 4) is 11.5 Å². The van der Waals surface area contributed by atoms with E-state index in [4.69, 9.17) is 9.47 Å². The number of fused-ring (bicyclic) bond motifs is 1. The Labute approximate surface area is 99.5 Å². The van der Waals surface area contributed by atoms with E-state index in [0.717, 1.165) is 49.8 Å². The van der Waals surface area contributed by atoms with Crippen LogP contribution >= 0.6 is 0 Å². The quantitative estimate of drug-likeness (QED) is 0.706. The lowest BCUT2D eigenvalue weighted by Crippen LogP contribution is -2.45. The molecule has 3 rings (SSSR count). The zero-order chi connectivity index (χ0) is 11.7. The molecule has 5 nitrogen and oxygen atoms in total. The Morgan fingerprint density at radius 3 is 2.59 bits per heavy atom. The van der Waals surface area contributed by atoms with Crippen LogP contribution in [0.1, 0.15) is 0 Å². The van der Waals surface area contributed by atoms with Crippen LogP contribution in [0.3, 0.4) is 0 Å². The standard InChI is InChI=1S/C12H14N2O3/c15-8-13-3-5-14(6-4-13)10-1-2-11-12(7-10)17-9-16-11/h1-2,7-8H,3-6,9H2. The Morgan fingerprint density at radius 2 is 1.82 bits per heavy atom. The molecule has 1 fully saturated rings. The van der Waals surface area contributed by atoms with Crippen LogP contribution in [0.5, 0.6) is 11.5 Å². The van der Waals surface area contributed by atoms with Gasteiger partial charge in [-0.3, -0.25) is 4.79 Å². The molecule has 0 aromatic heterocycles. The molecule has 1 aromatic carbocycles. The van der Waals surface area contributed by atoms with Crippen molar-refractivity contribution in [3.63, 3.8) is 0 Å². The largest absolute Gasteiger partial charge is 0.454 e. The first kappa shape index (κ1) is 10.3. The van der Waals surface area contributed by atoms with Gasteiger partial charge in [0.1, 0.15) is 0 Å². The molecule has 0 atom stereocenters. The fourth-order valence-corrected chi connectivity index (χ4v) is 2.17. The number of carbonyl (C=O) groups is 1. The molecule has 0 spiro atoms. The van der Waals surface area contributed by atoms with E-state index in [1.54, 1.807) is 4.90 Å². The van der Waals surface area contributed by atoms with Crippen molar-refractivity contribution in [2.24, 2.45) is 0 Å². The van der Waals surface area contributed by atoms with Gasteiger partial charge in [-0.05, 0) is 12.1 Å². The molecule has 1 saturated heterocycles. The van der Waals surface area contributed by atoms with E-state index in [-0.39, 0.29) is 0 Å². The molecule has 0 unspecified atom stereocenters. The molecule has 17 heavy (non-hydrogen) atoms. The van der Waals surface area contributed by atoms with Crippen LogP contribution in [0.15, 0.2) is 18.2 Å². The zero-order valence-corrected chi connectivity index (χ0v) is 9.46. The molecular formula is C12H14N2O3. The summed E-state index contributed by atoms with van der Waals surface area (Å²) in [6, 6.07) is 5.97. The van der Waals surface area contributed by atoms with Crippen molar-refractivity contribution >= 4 is 12.1 Å². The third-order valence-corrected chi connectivity index (χ3v) is 3.18. The minimum absolute atomic E-state index is 0.303. The monoisotopic (exact) mass is 234 g/mol. The lowest BCUT2D eigenvalue weighted by atomic mass is 10.2. The summed E-state index contributed by atoms with van der Waals surface area (Å²) in [6.45, 7) is 3.57. The molecule has 1 amide bonds. The van der Waals surface area contributed by atoms with E-state index in [0.29, 0.717) is 6.79 Å². The van der Waals surface area contributed by atoms with Crippen LogP contribution < -0.4 is 14.4 Å². The summed E-state index contributed by atoms with van der Waals surface area (Å²) in [4.78, 5) is 14.7. The molecule has 0 bridgehead atoms. The average molecular weight is 234 g/mol. The second-order valence-electron chi connectivity index (χ2n) is 4.17. The SMILES string of the molecule is O=CN1CCN(c2ccc3c(c2)OCO3)CC1. The van der Waals surface area contributed by atoms with E-state index < -0.39 is 0 Å². The minimum atomic E-state index is 0.303. The number of benzene rings is 1. The summed E-state index contributed by atoms with van der Waals surface area (Å²) in [5.74, 6) is 1.61. The van der Waals surface area contributed by atoms with E-state index in [2.05, 4.69) is 4.90 Å². The number of rotatable bonds is 2. The Kier molecular flexibility index (Phi) is 2.51. The number of nitrogens with zero attached hydrogens (tertiary/aromatic N) is 2. The van der Waals surface area contributed by atoms with Crippen molar-refractivity contribution in [3.05, 3.63) is 18.2 Å². The van der Waals surface area contributed by atoms with E-state index in [9.17, 15) is 4.79 Å². The summed E-state index contributed by atoms with van der Waals surface area (Å²) in [5.41, 5.74) is 1.12. The lowest BCUT2D eigenvalue weighted by Gasteiger charge is -2.34. The van der Waals surface area contributed by atoms with Crippen LogP contribution in [-0.2, 0) is 4.79 Å². The smallest absolute Gasteiger partial charge is 0.231 e. The van der Waals surface area contributed by atoms with Crippen LogP contribution in [0, 0.1) is 0 Å². The first-order chi connectivity index (χ1) is 8.36. The molecule has 0 saturated carbocycles. The number of amides is 1. The fourth-order valence-electron chi connectivity index (χ4n) is 2.17. The maximum atomic E-state index is 10.6. The van der Waals surface area contributed by atoms with Crippen LogP contribution in [0.4, 0.5) is 5.69 Å². The number of hydrogen-bond donors (Lipinski definition) is 0. The van der Waals surface area contributed by atoms with Gasteiger partial charge in [0.2, 0.25) is 13.2 Å². The Morgan fingerprint density at radius 1 is 1.06 bits per heavy atom. The van der Waals surface area contributed by atoms with Gasteiger partial charge in [0, 0.05) is 37.9 Å². The maximum Gasteiger partial charge on any atom is 0.231 e. The topological polar surface area (TPSA) is 42.0 Å². The molecule has 0 aliphatic carbocycles. The van der Waals surface area contributed by atoms with Gasteiger partial charge in [-0.15, -0.1) is 0 Å². The highest BCUT2D eigenvalue weighted by atomic mass is 16.7. The zero-order valence-electron chi connectivity index (χ0n) is 9.46.